The number of nitrogens with two attached hydrogens (primary N) is 1. The topological polar surface area (TPSA) is 114 Å². The summed E-state index contributed by atoms with van der Waals surface area (Å²) in [5, 5.41) is 8.86. The molecule has 0 radical (unpaired) electrons. The minimum atomic E-state index is -1.19. The molecule has 3 N–H and O–H groups in total. The van der Waals surface area contributed by atoms with Crippen LogP contribution in [-0.2, 0) is 4.79 Å². The van der Waals surface area contributed by atoms with Crippen molar-refractivity contribution in [3.05, 3.63) is 29.6 Å². The van der Waals surface area contributed by atoms with Crippen LogP contribution in [0.2, 0.25) is 0 Å². The van der Waals surface area contributed by atoms with Gasteiger partial charge in [0.1, 0.15) is 11.4 Å². The molecule has 106 valence electrons. The Morgan fingerprint density at radius 2 is 2.00 bits per heavy atom. The van der Waals surface area contributed by atoms with Gasteiger partial charge in [0.2, 0.25) is 5.91 Å². The first kappa shape index (κ1) is 14.0. The lowest BCUT2D eigenvalue weighted by Crippen LogP contribution is -2.38. The van der Waals surface area contributed by atoms with Gasteiger partial charge in [-0.05, 0) is 25.5 Å². The molecular formula is C13H15N3O4. The number of likely N-dealkylation sites (tertiary alicyclic amines) is 1. The maximum Gasteiger partial charge on any atom is 0.354 e. The van der Waals surface area contributed by atoms with Gasteiger partial charge < -0.3 is 15.7 Å². The molecule has 0 saturated carbocycles. The molecule has 2 heterocycles. The fourth-order valence-electron chi connectivity index (χ4n) is 2.17. The van der Waals surface area contributed by atoms with Gasteiger partial charge >= 0.3 is 5.97 Å². The van der Waals surface area contributed by atoms with E-state index in [1.165, 1.54) is 23.1 Å². The molecule has 7 nitrogen and oxygen atoms in total. The first-order chi connectivity index (χ1) is 9.33. The zero-order valence-corrected chi connectivity index (χ0v) is 11.0. The zero-order valence-electron chi connectivity index (χ0n) is 11.0. The Bertz CT molecular complexity index is 587. The summed E-state index contributed by atoms with van der Waals surface area (Å²) in [6, 6.07) is 4.23. The molecule has 0 aliphatic carbocycles. The molecule has 1 aliphatic rings. The highest BCUT2D eigenvalue weighted by molar-refractivity contribution is 5.95. The lowest BCUT2D eigenvalue weighted by molar-refractivity contribution is -0.126. The number of primary amides is 1. The van der Waals surface area contributed by atoms with Crippen LogP contribution in [0.4, 0.5) is 0 Å². The number of carboxylic acids is 1. The number of pyridine rings is 1. The van der Waals surface area contributed by atoms with E-state index in [-0.39, 0.29) is 17.9 Å². The van der Waals surface area contributed by atoms with Gasteiger partial charge in [0.05, 0.1) is 5.41 Å². The number of hydrogen-bond donors (Lipinski definition) is 2. The van der Waals surface area contributed by atoms with E-state index in [0.717, 1.165) is 0 Å². The summed E-state index contributed by atoms with van der Waals surface area (Å²) >= 11 is 0. The Balaban J connectivity index is 2.19. The summed E-state index contributed by atoms with van der Waals surface area (Å²) in [5.41, 5.74) is 4.46. The van der Waals surface area contributed by atoms with Crippen molar-refractivity contribution in [3.8, 4) is 0 Å². The summed E-state index contributed by atoms with van der Waals surface area (Å²) in [6.07, 6.45) is 0.493. The van der Waals surface area contributed by atoms with E-state index in [4.69, 9.17) is 10.8 Å². The molecule has 1 saturated heterocycles. The molecule has 1 aromatic rings. The van der Waals surface area contributed by atoms with Crippen LogP contribution in [0.3, 0.4) is 0 Å². The number of aromatic nitrogens is 1. The minimum absolute atomic E-state index is 0.0543. The fraction of sp³-hybridized carbons (Fsp3) is 0.385. The van der Waals surface area contributed by atoms with Crippen molar-refractivity contribution in [1.82, 2.24) is 9.88 Å². The Morgan fingerprint density at radius 1 is 1.35 bits per heavy atom. The molecule has 0 aromatic carbocycles. The summed E-state index contributed by atoms with van der Waals surface area (Å²) in [5.74, 6) is -2.03. The molecule has 0 bridgehead atoms. The average molecular weight is 277 g/mol. The van der Waals surface area contributed by atoms with Crippen molar-refractivity contribution in [2.45, 2.75) is 13.3 Å². The molecule has 1 atom stereocenters. The van der Waals surface area contributed by atoms with Gasteiger partial charge in [-0.1, -0.05) is 6.07 Å². The fourth-order valence-corrected chi connectivity index (χ4v) is 2.17. The number of carbonyl (C=O) groups is 3. The maximum absolute atomic E-state index is 12.3. The Kier molecular flexibility index (Phi) is 3.44. The van der Waals surface area contributed by atoms with Crippen LogP contribution in [-0.4, -0.2) is 45.9 Å². The van der Waals surface area contributed by atoms with Crippen molar-refractivity contribution < 1.29 is 19.5 Å². The molecule has 20 heavy (non-hydrogen) atoms. The van der Waals surface area contributed by atoms with Crippen LogP contribution in [0.15, 0.2) is 18.2 Å². The second-order valence-electron chi connectivity index (χ2n) is 5.11. The standard InChI is InChI=1S/C13H15N3O4/c1-13(12(14)20)5-6-16(7-13)10(17)8-3-2-4-9(15-8)11(18)19/h2-4H,5-7H2,1H3,(H2,14,20)(H,18,19). The van der Waals surface area contributed by atoms with Crippen molar-refractivity contribution in [3.63, 3.8) is 0 Å². The third-order valence-electron chi connectivity index (χ3n) is 3.54. The molecule has 2 rings (SSSR count). The molecule has 1 fully saturated rings. The summed E-state index contributed by atoms with van der Waals surface area (Å²) < 4.78 is 0. The van der Waals surface area contributed by atoms with Gasteiger partial charge in [-0.15, -0.1) is 0 Å². The first-order valence-electron chi connectivity index (χ1n) is 6.13. The second-order valence-corrected chi connectivity index (χ2v) is 5.11. The highest BCUT2D eigenvalue weighted by Crippen LogP contribution is 2.30. The molecule has 2 amide bonds. The smallest absolute Gasteiger partial charge is 0.354 e. The number of hydrogen-bond acceptors (Lipinski definition) is 4. The Hall–Kier alpha value is -2.44. The van der Waals surface area contributed by atoms with E-state index in [0.29, 0.717) is 13.0 Å². The Morgan fingerprint density at radius 3 is 2.55 bits per heavy atom. The normalized spacial score (nSPS) is 21.8. The van der Waals surface area contributed by atoms with Gasteiger partial charge in [0, 0.05) is 13.1 Å². The SMILES string of the molecule is CC1(C(N)=O)CCN(C(=O)c2cccc(C(=O)O)n2)C1. The summed E-state index contributed by atoms with van der Waals surface area (Å²) in [7, 11) is 0. The number of rotatable bonds is 3. The molecule has 1 aliphatic heterocycles. The number of nitrogens with zero attached hydrogens (tertiary/aromatic N) is 2. The van der Waals surface area contributed by atoms with Crippen LogP contribution in [0, 0.1) is 5.41 Å². The van der Waals surface area contributed by atoms with Gasteiger partial charge in [-0.25, -0.2) is 9.78 Å². The van der Waals surface area contributed by atoms with Gasteiger partial charge in [0.25, 0.3) is 5.91 Å². The highest BCUT2D eigenvalue weighted by atomic mass is 16.4. The molecule has 7 heteroatoms. The summed E-state index contributed by atoms with van der Waals surface area (Å²) in [4.78, 5) is 39.7. The summed E-state index contributed by atoms with van der Waals surface area (Å²) in [6.45, 7) is 2.33. The quantitative estimate of drug-likeness (QED) is 0.814. The first-order valence-corrected chi connectivity index (χ1v) is 6.13. The number of aromatic carboxylic acids is 1. The average Bonchev–Trinajstić information content (AvgIpc) is 2.82. The molecule has 0 spiro atoms. The lowest BCUT2D eigenvalue weighted by Gasteiger charge is -2.20. The van der Waals surface area contributed by atoms with Crippen molar-refractivity contribution in [2.24, 2.45) is 11.1 Å². The molecular weight excluding hydrogens is 262 g/mol. The van der Waals surface area contributed by atoms with Crippen LogP contribution in [0.25, 0.3) is 0 Å². The van der Waals surface area contributed by atoms with Gasteiger partial charge in [-0.2, -0.15) is 0 Å². The highest BCUT2D eigenvalue weighted by Gasteiger charge is 2.41. The van der Waals surface area contributed by atoms with Crippen molar-refractivity contribution in [2.75, 3.05) is 13.1 Å². The van der Waals surface area contributed by atoms with E-state index in [9.17, 15) is 14.4 Å². The molecule has 1 aromatic heterocycles. The number of carbonyl (C=O) groups excluding carboxylic acids is 2. The third-order valence-corrected chi connectivity index (χ3v) is 3.54. The van der Waals surface area contributed by atoms with E-state index < -0.39 is 23.2 Å². The second kappa shape index (κ2) is 4.92. The largest absolute Gasteiger partial charge is 0.477 e. The Labute approximate surface area is 115 Å². The van der Waals surface area contributed by atoms with Crippen LogP contribution < -0.4 is 5.73 Å². The van der Waals surface area contributed by atoms with Crippen LogP contribution >= 0.6 is 0 Å². The van der Waals surface area contributed by atoms with E-state index in [1.54, 1.807) is 6.92 Å². The predicted octanol–water partition coefficient (Wildman–Crippen LogP) is 0.117. The predicted molar refractivity (Wildman–Crippen MR) is 69.0 cm³/mol. The van der Waals surface area contributed by atoms with E-state index >= 15 is 0 Å². The van der Waals surface area contributed by atoms with Gasteiger partial charge in [-0.3, -0.25) is 9.59 Å². The monoisotopic (exact) mass is 277 g/mol. The van der Waals surface area contributed by atoms with Gasteiger partial charge in [0.15, 0.2) is 0 Å². The van der Waals surface area contributed by atoms with E-state index in [2.05, 4.69) is 4.98 Å². The third kappa shape index (κ3) is 2.47. The number of amides is 2. The maximum atomic E-state index is 12.3. The zero-order chi connectivity index (χ0) is 14.9. The van der Waals surface area contributed by atoms with E-state index in [1.807, 2.05) is 0 Å². The van der Waals surface area contributed by atoms with Crippen molar-refractivity contribution in [1.29, 1.82) is 0 Å². The lowest BCUT2D eigenvalue weighted by atomic mass is 9.89. The minimum Gasteiger partial charge on any atom is -0.477 e. The number of carboxylic acid groups (broad SMARTS) is 1. The van der Waals surface area contributed by atoms with Crippen molar-refractivity contribution >= 4 is 17.8 Å². The molecule has 1 unspecified atom stereocenters. The van der Waals surface area contributed by atoms with Crippen LogP contribution in [0.5, 0.6) is 0 Å². The van der Waals surface area contributed by atoms with Crippen LogP contribution in [0.1, 0.15) is 34.3 Å².